The van der Waals surface area contributed by atoms with Crippen molar-refractivity contribution in [3.63, 3.8) is 0 Å². The van der Waals surface area contributed by atoms with Gasteiger partial charge in [0.1, 0.15) is 0 Å². The van der Waals surface area contributed by atoms with Gasteiger partial charge in [-0.3, -0.25) is 0 Å². The molecule has 0 saturated heterocycles. The van der Waals surface area contributed by atoms with E-state index < -0.39 is 5.60 Å². The van der Waals surface area contributed by atoms with Crippen molar-refractivity contribution >= 4 is 0 Å². The third kappa shape index (κ3) is 2.06. The van der Waals surface area contributed by atoms with Crippen LogP contribution in [0.2, 0.25) is 0 Å². The zero-order valence-corrected chi connectivity index (χ0v) is 8.31. The molecule has 0 aromatic carbocycles. The molecule has 0 radical (unpaired) electrons. The van der Waals surface area contributed by atoms with E-state index in [1.807, 2.05) is 34.6 Å². The van der Waals surface area contributed by atoms with Gasteiger partial charge in [-0.05, 0) is 12.3 Å². The Balaban J connectivity index is 4.58. The molecule has 0 heterocycles. The zero-order chi connectivity index (χ0) is 9.28. The van der Waals surface area contributed by atoms with Gasteiger partial charge >= 0.3 is 0 Å². The molecule has 0 fully saturated rings. The summed E-state index contributed by atoms with van der Waals surface area (Å²) in [5, 5.41) is 10.0. The van der Waals surface area contributed by atoms with Crippen LogP contribution in [0, 0.1) is 11.3 Å². The maximum Gasteiger partial charge on any atom is 0.0727 e. The summed E-state index contributed by atoms with van der Waals surface area (Å²) >= 11 is 0. The van der Waals surface area contributed by atoms with Gasteiger partial charge in [-0.15, -0.1) is 6.58 Å². The second-order valence-electron chi connectivity index (χ2n) is 4.42. The molecule has 0 unspecified atom stereocenters. The highest BCUT2D eigenvalue weighted by Crippen LogP contribution is 2.36. The first-order valence-corrected chi connectivity index (χ1v) is 4.08. The summed E-state index contributed by atoms with van der Waals surface area (Å²) in [4.78, 5) is 0. The van der Waals surface area contributed by atoms with Gasteiger partial charge in [0, 0.05) is 5.92 Å². The summed E-state index contributed by atoms with van der Waals surface area (Å²) in [5.74, 6) is 0.127. The molecular formula is C10H20O. The third-order valence-corrected chi connectivity index (χ3v) is 2.76. The number of rotatable bonds is 2. The van der Waals surface area contributed by atoms with Gasteiger partial charge in [-0.1, -0.05) is 33.8 Å². The topological polar surface area (TPSA) is 20.2 Å². The molecule has 0 bridgehead atoms. The molecule has 0 aliphatic carbocycles. The Morgan fingerprint density at radius 1 is 1.27 bits per heavy atom. The Labute approximate surface area is 70.1 Å². The first-order chi connectivity index (χ1) is 4.73. The molecule has 0 aromatic rings. The second-order valence-corrected chi connectivity index (χ2v) is 4.42. The number of hydrogen-bond acceptors (Lipinski definition) is 1. The van der Waals surface area contributed by atoms with Crippen LogP contribution in [0.15, 0.2) is 12.7 Å². The molecule has 1 nitrogen and oxygen atoms in total. The Morgan fingerprint density at radius 3 is 1.73 bits per heavy atom. The maximum absolute atomic E-state index is 10.0. The SMILES string of the molecule is C=C[C@H](C)[C@](C)(O)C(C)(C)C. The van der Waals surface area contributed by atoms with Crippen LogP contribution in [0.3, 0.4) is 0 Å². The molecule has 0 aliphatic heterocycles. The van der Waals surface area contributed by atoms with Crippen LogP contribution in [-0.4, -0.2) is 10.7 Å². The Morgan fingerprint density at radius 2 is 1.64 bits per heavy atom. The average molecular weight is 156 g/mol. The van der Waals surface area contributed by atoms with E-state index in [-0.39, 0.29) is 11.3 Å². The van der Waals surface area contributed by atoms with Crippen LogP contribution in [0.1, 0.15) is 34.6 Å². The molecule has 66 valence electrons. The van der Waals surface area contributed by atoms with Crippen molar-refractivity contribution in [3.8, 4) is 0 Å². The molecule has 1 N–H and O–H groups in total. The Bertz CT molecular complexity index is 139. The minimum Gasteiger partial charge on any atom is -0.389 e. The number of aliphatic hydroxyl groups is 1. The summed E-state index contributed by atoms with van der Waals surface area (Å²) in [7, 11) is 0. The average Bonchev–Trinajstić information content (AvgIpc) is 1.83. The van der Waals surface area contributed by atoms with Crippen LogP contribution >= 0.6 is 0 Å². The third-order valence-electron chi connectivity index (χ3n) is 2.76. The fraction of sp³-hybridized carbons (Fsp3) is 0.800. The van der Waals surface area contributed by atoms with Crippen molar-refractivity contribution < 1.29 is 5.11 Å². The van der Waals surface area contributed by atoms with Crippen molar-refractivity contribution in [2.75, 3.05) is 0 Å². The molecule has 0 rings (SSSR count). The van der Waals surface area contributed by atoms with Gasteiger partial charge in [0.2, 0.25) is 0 Å². The fourth-order valence-corrected chi connectivity index (χ4v) is 0.912. The highest BCUT2D eigenvalue weighted by atomic mass is 16.3. The molecule has 0 spiro atoms. The predicted octanol–water partition coefficient (Wildman–Crippen LogP) is 2.61. The van der Waals surface area contributed by atoms with Gasteiger partial charge < -0.3 is 5.11 Å². The molecule has 11 heavy (non-hydrogen) atoms. The van der Waals surface area contributed by atoms with Crippen LogP contribution in [0.5, 0.6) is 0 Å². The van der Waals surface area contributed by atoms with Crippen molar-refractivity contribution in [1.29, 1.82) is 0 Å². The zero-order valence-electron chi connectivity index (χ0n) is 8.31. The van der Waals surface area contributed by atoms with E-state index in [1.165, 1.54) is 0 Å². The lowest BCUT2D eigenvalue weighted by atomic mass is 9.71. The van der Waals surface area contributed by atoms with Crippen molar-refractivity contribution in [2.24, 2.45) is 11.3 Å². The number of hydrogen-bond donors (Lipinski definition) is 1. The van der Waals surface area contributed by atoms with Crippen LogP contribution in [-0.2, 0) is 0 Å². The van der Waals surface area contributed by atoms with E-state index in [1.54, 1.807) is 6.08 Å². The standard InChI is InChI=1S/C10H20O/c1-7-8(2)10(6,11)9(3,4)5/h7-8,11H,1H2,2-6H3/t8-,10-/m0/s1. The van der Waals surface area contributed by atoms with Gasteiger partial charge in [0.25, 0.3) is 0 Å². The summed E-state index contributed by atoms with van der Waals surface area (Å²) in [5.41, 5.74) is -0.768. The molecule has 0 aliphatic rings. The van der Waals surface area contributed by atoms with Gasteiger partial charge in [-0.2, -0.15) is 0 Å². The minimum atomic E-state index is -0.672. The fourth-order valence-electron chi connectivity index (χ4n) is 0.912. The summed E-state index contributed by atoms with van der Waals surface area (Å²) in [6.07, 6.45) is 1.80. The van der Waals surface area contributed by atoms with E-state index >= 15 is 0 Å². The second kappa shape index (κ2) is 2.98. The highest BCUT2D eigenvalue weighted by molar-refractivity contribution is 4.97. The largest absolute Gasteiger partial charge is 0.389 e. The van der Waals surface area contributed by atoms with E-state index in [4.69, 9.17) is 0 Å². The van der Waals surface area contributed by atoms with Gasteiger partial charge in [0.05, 0.1) is 5.60 Å². The monoisotopic (exact) mass is 156 g/mol. The maximum atomic E-state index is 10.0. The van der Waals surface area contributed by atoms with E-state index in [9.17, 15) is 5.11 Å². The van der Waals surface area contributed by atoms with Crippen LogP contribution in [0.4, 0.5) is 0 Å². The van der Waals surface area contributed by atoms with Crippen molar-refractivity contribution in [2.45, 2.75) is 40.2 Å². The highest BCUT2D eigenvalue weighted by Gasteiger charge is 2.38. The molecule has 2 atom stereocenters. The quantitative estimate of drug-likeness (QED) is 0.609. The van der Waals surface area contributed by atoms with Gasteiger partial charge in [-0.25, -0.2) is 0 Å². The van der Waals surface area contributed by atoms with Crippen LogP contribution < -0.4 is 0 Å². The predicted molar refractivity (Wildman–Crippen MR) is 49.4 cm³/mol. The first-order valence-electron chi connectivity index (χ1n) is 4.08. The van der Waals surface area contributed by atoms with Crippen molar-refractivity contribution in [3.05, 3.63) is 12.7 Å². The summed E-state index contributed by atoms with van der Waals surface area (Å²) < 4.78 is 0. The lowest BCUT2D eigenvalue weighted by molar-refractivity contribution is -0.0696. The lowest BCUT2D eigenvalue weighted by Crippen LogP contribution is -2.44. The lowest BCUT2D eigenvalue weighted by Gasteiger charge is -2.40. The summed E-state index contributed by atoms with van der Waals surface area (Å²) in [6.45, 7) is 13.6. The van der Waals surface area contributed by atoms with Gasteiger partial charge in [0.15, 0.2) is 0 Å². The van der Waals surface area contributed by atoms with Crippen LogP contribution in [0.25, 0.3) is 0 Å². The molecule has 0 saturated carbocycles. The molecular weight excluding hydrogens is 136 g/mol. The smallest absolute Gasteiger partial charge is 0.0727 e. The minimum absolute atomic E-state index is 0.0966. The van der Waals surface area contributed by atoms with E-state index in [0.29, 0.717) is 0 Å². The molecule has 0 aromatic heterocycles. The Kier molecular flexibility index (Phi) is 2.90. The summed E-state index contributed by atoms with van der Waals surface area (Å²) in [6, 6.07) is 0. The first kappa shape index (κ1) is 10.7. The van der Waals surface area contributed by atoms with E-state index in [0.717, 1.165) is 0 Å². The molecule has 0 amide bonds. The Hall–Kier alpha value is -0.300. The molecule has 1 heteroatoms. The normalized spacial score (nSPS) is 20.5. The van der Waals surface area contributed by atoms with E-state index in [2.05, 4.69) is 6.58 Å². The van der Waals surface area contributed by atoms with Crippen molar-refractivity contribution in [1.82, 2.24) is 0 Å².